The molecule has 0 saturated heterocycles. The summed E-state index contributed by atoms with van der Waals surface area (Å²) in [4.78, 5) is 0. The fourth-order valence-electron chi connectivity index (χ4n) is 1.72. The summed E-state index contributed by atoms with van der Waals surface area (Å²) in [6, 6.07) is 2.11. The van der Waals surface area contributed by atoms with Crippen LogP contribution in [0.15, 0.2) is 12.1 Å². The highest BCUT2D eigenvalue weighted by atomic mass is 19.1. The van der Waals surface area contributed by atoms with Gasteiger partial charge in [-0.25, -0.2) is 13.2 Å². The minimum atomic E-state index is -0.891. The second-order valence-corrected chi connectivity index (χ2v) is 4.81. The molecule has 0 bridgehead atoms. The van der Waals surface area contributed by atoms with E-state index >= 15 is 0 Å². The molecule has 5 heteroatoms. The topological polar surface area (TPSA) is 24.1 Å². The average molecular weight is 258 g/mol. The Bertz CT molecular complexity index is 396. The van der Waals surface area contributed by atoms with Gasteiger partial charge in [0, 0.05) is 42.9 Å². The van der Waals surface area contributed by atoms with Crippen molar-refractivity contribution in [2.75, 3.05) is 6.54 Å². The third kappa shape index (κ3) is 3.71. The van der Waals surface area contributed by atoms with Crippen molar-refractivity contribution < 1.29 is 13.2 Å². The molecule has 2 nitrogen and oxygen atoms in total. The van der Waals surface area contributed by atoms with Gasteiger partial charge in [0.2, 0.25) is 0 Å². The summed E-state index contributed by atoms with van der Waals surface area (Å²) < 4.78 is 39.4. The summed E-state index contributed by atoms with van der Waals surface area (Å²) in [6.07, 6.45) is 2.40. The Hall–Kier alpha value is -1.07. The molecular formula is C13H17F3N2. The van der Waals surface area contributed by atoms with Gasteiger partial charge in [-0.2, -0.15) is 0 Å². The van der Waals surface area contributed by atoms with Crippen molar-refractivity contribution in [3.05, 3.63) is 35.1 Å². The minimum absolute atomic E-state index is 0.0610. The lowest BCUT2D eigenvalue weighted by Crippen LogP contribution is -2.37. The number of hydrogen-bond donors (Lipinski definition) is 2. The van der Waals surface area contributed by atoms with Gasteiger partial charge in [0.25, 0.3) is 0 Å². The van der Waals surface area contributed by atoms with Crippen LogP contribution in [-0.2, 0) is 6.54 Å². The van der Waals surface area contributed by atoms with Crippen LogP contribution in [0.1, 0.15) is 25.3 Å². The molecule has 1 aromatic carbocycles. The Morgan fingerprint density at radius 1 is 1.22 bits per heavy atom. The molecule has 1 unspecified atom stereocenters. The van der Waals surface area contributed by atoms with Gasteiger partial charge < -0.3 is 10.6 Å². The van der Waals surface area contributed by atoms with Crippen LogP contribution in [0.2, 0.25) is 0 Å². The van der Waals surface area contributed by atoms with Crippen molar-refractivity contribution >= 4 is 0 Å². The van der Waals surface area contributed by atoms with E-state index in [0.717, 1.165) is 6.54 Å². The average Bonchev–Trinajstić information content (AvgIpc) is 3.08. The molecule has 1 saturated carbocycles. The van der Waals surface area contributed by atoms with Crippen LogP contribution >= 0.6 is 0 Å². The normalized spacial score (nSPS) is 16.9. The van der Waals surface area contributed by atoms with Gasteiger partial charge in [0.1, 0.15) is 17.5 Å². The van der Waals surface area contributed by atoms with E-state index in [1.54, 1.807) is 0 Å². The number of nitrogens with one attached hydrogen (secondary N) is 2. The first-order chi connectivity index (χ1) is 8.56. The fourth-order valence-corrected chi connectivity index (χ4v) is 1.72. The number of halogens is 3. The molecule has 1 aliphatic rings. The van der Waals surface area contributed by atoms with Crippen molar-refractivity contribution in [2.24, 2.45) is 0 Å². The van der Waals surface area contributed by atoms with Gasteiger partial charge >= 0.3 is 0 Å². The fraction of sp³-hybridized carbons (Fsp3) is 0.538. The van der Waals surface area contributed by atoms with Gasteiger partial charge in [0.15, 0.2) is 0 Å². The van der Waals surface area contributed by atoms with Crippen LogP contribution in [0.25, 0.3) is 0 Å². The molecule has 1 fully saturated rings. The monoisotopic (exact) mass is 258 g/mol. The zero-order chi connectivity index (χ0) is 13.1. The van der Waals surface area contributed by atoms with Crippen LogP contribution in [-0.4, -0.2) is 18.6 Å². The molecule has 1 atom stereocenters. The summed E-state index contributed by atoms with van der Waals surface area (Å²) >= 11 is 0. The summed E-state index contributed by atoms with van der Waals surface area (Å²) in [5.74, 6) is -2.58. The SMILES string of the molecule is CC(CNC1CC1)NCc1c(F)cc(F)cc1F. The molecule has 0 heterocycles. The Morgan fingerprint density at radius 2 is 1.83 bits per heavy atom. The predicted molar refractivity (Wildman–Crippen MR) is 63.6 cm³/mol. The second-order valence-electron chi connectivity index (χ2n) is 4.81. The first-order valence-electron chi connectivity index (χ1n) is 6.16. The third-order valence-corrected chi connectivity index (χ3v) is 3.02. The second kappa shape index (κ2) is 5.71. The van der Waals surface area contributed by atoms with Crippen LogP contribution in [0, 0.1) is 17.5 Å². The molecule has 0 amide bonds. The molecule has 1 aromatic rings. The first-order valence-corrected chi connectivity index (χ1v) is 6.16. The lowest BCUT2D eigenvalue weighted by molar-refractivity contribution is 0.469. The standard InChI is InChI=1S/C13H17F3N2/c1-8(6-18-10-2-3-10)17-7-11-12(15)4-9(14)5-13(11)16/h4-5,8,10,17-18H,2-3,6-7H2,1H3. The van der Waals surface area contributed by atoms with Crippen molar-refractivity contribution in [3.63, 3.8) is 0 Å². The first kappa shape index (κ1) is 13.4. The van der Waals surface area contributed by atoms with Gasteiger partial charge in [-0.05, 0) is 19.8 Å². The molecule has 100 valence electrons. The lowest BCUT2D eigenvalue weighted by atomic mass is 10.2. The number of benzene rings is 1. The Labute approximate surface area is 105 Å². The van der Waals surface area contributed by atoms with E-state index in [9.17, 15) is 13.2 Å². The van der Waals surface area contributed by atoms with Crippen molar-refractivity contribution in [2.45, 2.75) is 38.4 Å². The highest BCUT2D eigenvalue weighted by Gasteiger charge is 2.21. The Balaban J connectivity index is 1.84. The molecular weight excluding hydrogens is 241 g/mol. The van der Waals surface area contributed by atoms with E-state index in [-0.39, 0.29) is 18.2 Å². The van der Waals surface area contributed by atoms with Crippen molar-refractivity contribution in [1.29, 1.82) is 0 Å². The summed E-state index contributed by atoms with van der Waals surface area (Å²) in [5.41, 5.74) is -0.116. The van der Waals surface area contributed by atoms with E-state index in [1.807, 2.05) is 6.92 Å². The number of rotatable bonds is 6. The zero-order valence-electron chi connectivity index (χ0n) is 10.3. The van der Waals surface area contributed by atoms with Gasteiger partial charge in [-0.1, -0.05) is 0 Å². The Kier molecular flexibility index (Phi) is 4.24. The maximum Gasteiger partial charge on any atom is 0.133 e. The van der Waals surface area contributed by atoms with Gasteiger partial charge in [-0.15, -0.1) is 0 Å². The van der Waals surface area contributed by atoms with Crippen molar-refractivity contribution in [1.82, 2.24) is 10.6 Å². The predicted octanol–water partition coefficient (Wildman–Crippen LogP) is 2.33. The third-order valence-electron chi connectivity index (χ3n) is 3.02. The maximum atomic E-state index is 13.4. The number of hydrogen-bond acceptors (Lipinski definition) is 2. The van der Waals surface area contributed by atoms with Gasteiger partial charge in [0.05, 0.1) is 0 Å². The maximum absolute atomic E-state index is 13.4. The molecule has 0 aliphatic heterocycles. The summed E-state index contributed by atoms with van der Waals surface area (Å²) in [6.45, 7) is 2.76. The smallest absolute Gasteiger partial charge is 0.133 e. The van der Waals surface area contributed by atoms with E-state index in [2.05, 4.69) is 10.6 Å². The minimum Gasteiger partial charge on any atom is -0.312 e. The van der Waals surface area contributed by atoms with E-state index < -0.39 is 17.5 Å². The molecule has 18 heavy (non-hydrogen) atoms. The highest BCUT2D eigenvalue weighted by Crippen LogP contribution is 2.18. The van der Waals surface area contributed by atoms with Crippen LogP contribution in [0.4, 0.5) is 13.2 Å². The molecule has 1 aliphatic carbocycles. The summed E-state index contributed by atoms with van der Waals surface area (Å²) in [5, 5.41) is 6.34. The highest BCUT2D eigenvalue weighted by molar-refractivity contribution is 5.20. The van der Waals surface area contributed by atoms with Gasteiger partial charge in [-0.3, -0.25) is 0 Å². The molecule has 0 spiro atoms. The zero-order valence-corrected chi connectivity index (χ0v) is 10.3. The van der Waals surface area contributed by atoms with Crippen molar-refractivity contribution in [3.8, 4) is 0 Å². The van der Waals surface area contributed by atoms with Crippen LogP contribution in [0.3, 0.4) is 0 Å². The van der Waals surface area contributed by atoms with Crippen LogP contribution in [0.5, 0.6) is 0 Å². The largest absolute Gasteiger partial charge is 0.312 e. The Morgan fingerprint density at radius 3 is 2.39 bits per heavy atom. The molecule has 2 rings (SSSR count). The van der Waals surface area contributed by atoms with E-state index in [0.29, 0.717) is 18.2 Å². The summed E-state index contributed by atoms with van der Waals surface area (Å²) in [7, 11) is 0. The van der Waals surface area contributed by atoms with E-state index in [4.69, 9.17) is 0 Å². The lowest BCUT2D eigenvalue weighted by Gasteiger charge is -2.15. The molecule has 0 aromatic heterocycles. The molecule has 2 N–H and O–H groups in total. The molecule has 0 radical (unpaired) electrons. The van der Waals surface area contributed by atoms with Crippen LogP contribution < -0.4 is 10.6 Å². The quantitative estimate of drug-likeness (QED) is 0.818. The van der Waals surface area contributed by atoms with E-state index in [1.165, 1.54) is 12.8 Å².